The molecule has 1 aliphatic heterocycles. The van der Waals surface area contributed by atoms with Crippen molar-refractivity contribution in [2.45, 2.75) is 32.0 Å². The van der Waals surface area contributed by atoms with Crippen molar-refractivity contribution < 1.29 is 14.6 Å². The summed E-state index contributed by atoms with van der Waals surface area (Å²) in [5, 5.41) is 15.2. The average molecular weight is 264 g/mol. The predicted molar refractivity (Wildman–Crippen MR) is 72.0 cm³/mol. The predicted octanol–water partition coefficient (Wildman–Crippen LogP) is 0.343. The summed E-state index contributed by atoms with van der Waals surface area (Å²) >= 11 is 0. The molecule has 104 valence electrons. The Bertz CT molecular complexity index is 462. The molecule has 2 rings (SSSR count). The molecule has 1 heterocycles. The van der Waals surface area contributed by atoms with Gasteiger partial charge >= 0.3 is 0 Å². The first-order chi connectivity index (χ1) is 9.10. The zero-order valence-corrected chi connectivity index (χ0v) is 11.3. The maximum atomic E-state index is 11.9. The Morgan fingerprint density at radius 1 is 1.58 bits per heavy atom. The molecule has 1 aromatic rings. The summed E-state index contributed by atoms with van der Waals surface area (Å²) in [6.07, 6.45) is 0.0542. The van der Waals surface area contributed by atoms with Crippen LogP contribution in [0.2, 0.25) is 0 Å². The lowest BCUT2D eigenvalue weighted by Crippen LogP contribution is -2.40. The van der Waals surface area contributed by atoms with Gasteiger partial charge in [-0.25, -0.2) is 0 Å². The van der Waals surface area contributed by atoms with E-state index >= 15 is 0 Å². The fourth-order valence-corrected chi connectivity index (χ4v) is 2.20. The van der Waals surface area contributed by atoms with Gasteiger partial charge in [0.25, 0.3) is 0 Å². The SMILES string of the molecule is COc1cc(CNC(=O)C2CC(O)CN2)ccc1C. The molecular weight excluding hydrogens is 244 g/mol. The van der Waals surface area contributed by atoms with Gasteiger partial charge in [0, 0.05) is 13.1 Å². The van der Waals surface area contributed by atoms with Crippen molar-refractivity contribution in [2.75, 3.05) is 13.7 Å². The number of rotatable bonds is 4. The van der Waals surface area contributed by atoms with Gasteiger partial charge < -0.3 is 20.5 Å². The third-order valence-electron chi connectivity index (χ3n) is 3.36. The van der Waals surface area contributed by atoms with Gasteiger partial charge in [0.1, 0.15) is 5.75 Å². The largest absolute Gasteiger partial charge is 0.496 e. The quantitative estimate of drug-likeness (QED) is 0.733. The van der Waals surface area contributed by atoms with Crippen LogP contribution >= 0.6 is 0 Å². The number of nitrogens with one attached hydrogen (secondary N) is 2. The Morgan fingerprint density at radius 3 is 3.00 bits per heavy atom. The van der Waals surface area contributed by atoms with Crippen molar-refractivity contribution in [1.29, 1.82) is 0 Å². The number of hydrogen-bond acceptors (Lipinski definition) is 4. The molecule has 2 atom stereocenters. The van der Waals surface area contributed by atoms with Gasteiger partial charge in [0.15, 0.2) is 0 Å². The summed E-state index contributed by atoms with van der Waals surface area (Å²) in [5.41, 5.74) is 2.06. The van der Waals surface area contributed by atoms with Gasteiger partial charge in [-0.15, -0.1) is 0 Å². The van der Waals surface area contributed by atoms with Crippen LogP contribution in [-0.4, -0.2) is 36.8 Å². The highest BCUT2D eigenvalue weighted by Gasteiger charge is 2.27. The van der Waals surface area contributed by atoms with E-state index in [4.69, 9.17) is 4.74 Å². The molecule has 5 nitrogen and oxygen atoms in total. The van der Waals surface area contributed by atoms with Crippen LogP contribution < -0.4 is 15.4 Å². The van der Waals surface area contributed by atoms with Gasteiger partial charge in [-0.3, -0.25) is 4.79 Å². The van der Waals surface area contributed by atoms with Crippen molar-refractivity contribution in [2.24, 2.45) is 0 Å². The van der Waals surface area contributed by atoms with Gasteiger partial charge in [-0.1, -0.05) is 12.1 Å². The number of carbonyl (C=O) groups is 1. The zero-order valence-electron chi connectivity index (χ0n) is 11.3. The van der Waals surface area contributed by atoms with Gasteiger partial charge in [0.05, 0.1) is 19.3 Å². The highest BCUT2D eigenvalue weighted by atomic mass is 16.5. The minimum absolute atomic E-state index is 0.0731. The number of aliphatic hydroxyl groups is 1. The fraction of sp³-hybridized carbons (Fsp3) is 0.500. The van der Waals surface area contributed by atoms with Gasteiger partial charge in [-0.05, 0) is 30.5 Å². The molecule has 0 aliphatic carbocycles. The van der Waals surface area contributed by atoms with Crippen LogP contribution in [-0.2, 0) is 11.3 Å². The topological polar surface area (TPSA) is 70.6 Å². The van der Waals surface area contributed by atoms with Crippen LogP contribution in [0.3, 0.4) is 0 Å². The maximum Gasteiger partial charge on any atom is 0.237 e. The first-order valence-electron chi connectivity index (χ1n) is 6.43. The van der Waals surface area contributed by atoms with Crippen LogP contribution in [0.5, 0.6) is 5.75 Å². The molecule has 19 heavy (non-hydrogen) atoms. The van der Waals surface area contributed by atoms with Gasteiger partial charge in [0.2, 0.25) is 5.91 Å². The molecule has 1 fully saturated rings. The first kappa shape index (κ1) is 13.8. The van der Waals surface area contributed by atoms with Crippen LogP contribution in [0.4, 0.5) is 0 Å². The second-order valence-corrected chi connectivity index (χ2v) is 4.87. The minimum Gasteiger partial charge on any atom is -0.496 e. The standard InChI is InChI=1S/C14H20N2O3/c1-9-3-4-10(5-13(9)19-2)7-16-14(18)12-6-11(17)8-15-12/h3-5,11-12,15,17H,6-8H2,1-2H3,(H,16,18). The number of aliphatic hydroxyl groups excluding tert-OH is 1. The zero-order chi connectivity index (χ0) is 13.8. The fourth-order valence-electron chi connectivity index (χ4n) is 2.20. The highest BCUT2D eigenvalue weighted by molar-refractivity contribution is 5.82. The number of amides is 1. The number of ether oxygens (including phenoxy) is 1. The van der Waals surface area contributed by atoms with E-state index in [0.29, 0.717) is 19.5 Å². The van der Waals surface area contributed by atoms with Crippen LogP contribution in [0, 0.1) is 6.92 Å². The number of carbonyl (C=O) groups excluding carboxylic acids is 1. The van der Waals surface area contributed by atoms with E-state index in [1.54, 1.807) is 7.11 Å². The van der Waals surface area contributed by atoms with Gasteiger partial charge in [-0.2, -0.15) is 0 Å². The molecule has 2 unspecified atom stereocenters. The number of aryl methyl sites for hydroxylation is 1. The summed E-state index contributed by atoms with van der Waals surface area (Å²) in [6.45, 7) is 2.92. The average Bonchev–Trinajstić information content (AvgIpc) is 2.84. The van der Waals surface area contributed by atoms with E-state index in [0.717, 1.165) is 16.9 Å². The lowest BCUT2D eigenvalue weighted by atomic mass is 10.1. The molecule has 1 aliphatic rings. The smallest absolute Gasteiger partial charge is 0.237 e. The second-order valence-electron chi connectivity index (χ2n) is 4.87. The molecule has 5 heteroatoms. The van der Waals surface area contributed by atoms with Crippen molar-refractivity contribution in [3.05, 3.63) is 29.3 Å². The Balaban J connectivity index is 1.90. The second kappa shape index (κ2) is 6.04. The highest BCUT2D eigenvalue weighted by Crippen LogP contribution is 2.18. The third-order valence-corrected chi connectivity index (χ3v) is 3.36. The van der Waals surface area contributed by atoms with Crippen LogP contribution in [0.15, 0.2) is 18.2 Å². The lowest BCUT2D eigenvalue weighted by molar-refractivity contribution is -0.123. The third kappa shape index (κ3) is 3.45. The molecule has 0 bridgehead atoms. The molecule has 1 saturated heterocycles. The molecule has 0 radical (unpaired) electrons. The molecule has 0 spiro atoms. The van der Waals surface area contributed by atoms with E-state index in [1.807, 2.05) is 25.1 Å². The number of β-amino-alcohol motifs (C(OH)–C–C–N with tert-alkyl or cyclic N) is 1. The maximum absolute atomic E-state index is 11.9. The normalized spacial score (nSPS) is 22.3. The number of methoxy groups -OCH3 is 1. The van der Waals surface area contributed by atoms with Crippen molar-refractivity contribution in [3.63, 3.8) is 0 Å². The molecular formula is C14H20N2O3. The van der Waals surface area contributed by atoms with Crippen LogP contribution in [0.1, 0.15) is 17.5 Å². The number of benzene rings is 1. The molecule has 1 aromatic carbocycles. The van der Waals surface area contributed by atoms with E-state index in [2.05, 4.69) is 10.6 Å². The van der Waals surface area contributed by atoms with Crippen molar-refractivity contribution in [3.8, 4) is 5.75 Å². The summed E-state index contributed by atoms with van der Waals surface area (Å²) in [7, 11) is 1.63. The van der Waals surface area contributed by atoms with E-state index in [1.165, 1.54) is 0 Å². The number of hydrogen-bond donors (Lipinski definition) is 3. The van der Waals surface area contributed by atoms with Crippen LogP contribution in [0.25, 0.3) is 0 Å². The lowest BCUT2D eigenvalue weighted by Gasteiger charge is -2.12. The Morgan fingerprint density at radius 2 is 2.37 bits per heavy atom. The summed E-state index contributed by atoms with van der Waals surface area (Å²) in [6, 6.07) is 5.57. The molecule has 3 N–H and O–H groups in total. The van der Waals surface area contributed by atoms with E-state index < -0.39 is 6.10 Å². The molecule has 0 saturated carbocycles. The first-order valence-corrected chi connectivity index (χ1v) is 6.43. The summed E-state index contributed by atoms with van der Waals surface area (Å²) in [5.74, 6) is 0.747. The monoisotopic (exact) mass is 264 g/mol. The van der Waals surface area contributed by atoms with Crippen molar-refractivity contribution >= 4 is 5.91 Å². The molecule has 1 amide bonds. The van der Waals surface area contributed by atoms with Crippen molar-refractivity contribution in [1.82, 2.24) is 10.6 Å². The Hall–Kier alpha value is -1.59. The minimum atomic E-state index is -0.421. The van der Waals surface area contributed by atoms with E-state index in [-0.39, 0.29) is 11.9 Å². The Labute approximate surface area is 113 Å². The van der Waals surface area contributed by atoms with E-state index in [9.17, 15) is 9.90 Å². The molecule has 0 aromatic heterocycles. The summed E-state index contributed by atoms with van der Waals surface area (Å²) < 4.78 is 5.25. The Kier molecular flexibility index (Phi) is 4.39. The summed E-state index contributed by atoms with van der Waals surface area (Å²) in [4.78, 5) is 11.9.